The fourth-order valence-electron chi connectivity index (χ4n) is 1.33. The highest BCUT2D eigenvalue weighted by molar-refractivity contribution is 5.67. The van der Waals surface area contributed by atoms with Crippen molar-refractivity contribution in [3.63, 3.8) is 0 Å². The summed E-state index contributed by atoms with van der Waals surface area (Å²) in [6.07, 6.45) is 0.764. The summed E-state index contributed by atoms with van der Waals surface area (Å²) in [7, 11) is 3.51. The number of hydrogen-bond acceptors (Lipinski definition) is 4. The molecule has 0 aliphatic heterocycles. The Hall–Kier alpha value is -0.810. The first-order valence-electron chi connectivity index (χ1n) is 6.03. The quantitative estimate of drug-likeness (QED) is 0.739. The summed E-state index contributed by atoms with van der Waals surface area (Å²) >= 11 is 0. The number of amides is 1. The topological polar surface area (TPSA) is 61.8 Å². The molecular weight excluding hydrogens is 220 g/mol. The van der Waals surface area contributed by atoms with Gasteiger partial charge in [0.15, 0.2) is 0 Å². The van der Waals surface area contributed by atoms with Gasteiger partial charge in [0.05, 0.1) is 6.10 Å². The number of ether oxygens (including phenoxy) is 1. The summed E-state index contributed by atoms with van der Waals surface area (Å²) in [4.78, 5) is 13.1. The standard InChI is InChI=1S/C12H26N2O3/c1-12(2,3)17-11(16)14(5)8-6-7-10(15)9-13-4/h10,13,15H,6-9H2,1-5H3. The van der Waals surface area contributed by atoms with Crippen LogP contribution in [0.2, 0.25) is 0 Å². The van der Waals surface area contributed by atoms with E-state index in [0.29, 0.717) is 19.5 Å². The average molecular weight is 246 g/mol. The molecule has 0 rings (SSSR count). The lowest BCUT2D eigenvalue weighted by Gasteiger charge is -2.24. The number of nitrogens with one attached hydrogen (secondary N) is 1. The molecule has 5 heteroatoms. The zero-order valence-corrected chi connectivity index (χ0v) is 11.6. The van der Waals surface area contributed by atoms with Crippen molar-refractivity contribution in [2.24, 2.45) is 0 Å². The molecule has 17 heavy (non-hydrogen) atoms. The Kier molecular flexibility index (Phi) is 7.15. The second kappa shape index (κ2) is 7.50. The molecule has 0 aromatic heterocycles. The minimum atomic E-state index is -0.461. The van der Waals surface area contributed by atoms with Gasteiger partial charge >= 0.3 is 6.09 Å². The molecule has 1 amide bonds. The van der Waals surface area contributed by atoms with Crippen LogP contribution < -0.4 is 5.32 Å². The van der Waals surface area contributed by atoms with Gasteiger partial charge in [-0.15, -0.1) is 0 Å². The van der Waals surface area contributed by atoms with Crippen LogP contribution in [-0.4, -0.2) is 55.0 Å². The Labute approximate surface area is 104 Å². The molecule has 0 bridgehead atoms. The SMILES string of the molecule is CNCC(O)CCCN(C)C(=O)OC(C)(C)C. The van der Waals surface area contributed by atoms with E-state index in [4.69, 9.17) is 4.74 Å². The van der Waals surface area contributed by atoms with Gasteiger partial charge in [-0.3, -0.25) is 0 Å². The van der Waals surface area contributed by atoms with Crippen molar-refractivity contribution in [3.05, 3.63) is 0 Å². The Morgan fingerprint density at radius 2 is 2.06 bits per heavy atom. The fraction of sp³-hybridized carbons (Fsp3) is 0.917. The molecule has 0 aromatic rings. The summed E-state index contributed by atoms with van der Waals surface area (Å²) in [5, 5.41) is 12.4. The molecule has 1 atom stereocenters. The van der Waals surface area contributed by atoms with E-state index in [1.54, 1.807) is 14.1 Å². The van der Waals surface area contributed by atoms with Gasteiger partial charge in [0.25, 0.3) is 0 Å². The van der Waals surface area contributed by atoms with Crippen molar-refractivity contribution in [2.75, 3.05) is 27.2 Å². The highest BCUT2D eigenvalue weighted by Gasteiger charge is 2.19. The molecule has 0 heterocycles. The predicted octanol–water partition coefficient (Wildman–Crippen LogP) is 1.21. The third kappa shape index (κ3) is 8.94. The maximum absolute atomic E-state index is 11.6. The van der Waals surface area contributed by atoms with Crippen molar-refractivity contribution in [2.45, 2.75) is 45.3 Å². The van der Waals surface area contributed by atoms with Gasteiger partial charge in [-0.05, 0) is 40.7 Å². The number of carbonyl (C=O) groups is 1. The Morgan fingerprint density at radius 1 is 1.47 bits per heavy atom. The van der Waals surface area contributed by atoms with Crippen LogP contribution in [0.15, 0.2) is 0 Å². The summed E-state index contributed by atoms with van der Waals surface area (Å²) in [6, 6.07) is 0. The van der Waals surface area contributed by atoms with E-state index >= 15 is 0 Å². The molecule has 102 valence electrons. The van der Waals surface area contributed by atoms with Crippen LogP contribution in [0.1, 0.15) is 33.6 Å². The van der Waals surface area contributed by atoms with E-state index in [1.807, 2.05) is 20.8 Å². The van der Waals surface area contributed by atoms with E-state index in [9.17, 15) is 9.90 Å². The monoisotopic (exact) mass is 246 g/mol. The molecule has 5 nitrogen and oxygen atoms in total. The molecule has 0 aliphatic carbocycles. The summed E-state index contributed by atoms with van der Waals surface area (Å²) in [5.74, 6) is 0. The van der Waals surface area contributed by atoms with Crippen molar-refractivity contribution >= 4 is 6.09 Å². The number of rotatable bonds is 6. The minimum Gasteiger partial charge on any atom is -0.444 e. The van der Waals surface area contributed by atoms with Crippen molar-refractivity contribution in [1.82, 2.24) is 10.2 Å². The molecule has 2 N–H and O–H groups in total. The third-order valence-corrected chi connectivity index (χ3v) is 2.18. The second-order valence-electron chi connectivity index (χ2n) is 5.26. The van der Waals surface area contributed by atoms with Gasteiger partial charge in [-0.2, -0.15) is 0 Å². The van der Waals surface area contributed by atoms with Crippen LogP contribution in [-0.2, 0) is 4.74 Å². The molecule has 0 aromatic carbocycles. The highest BCUT2D eigenvalue weighted by Crippen LogP contribution is 2.09. The van der Waals surface area contributed by atoms with Gasteiger partial charge in [0.1, 0.15) is 5.60 Å². The molecule has 1 unspecified atom stereocenters. The number of nitrogens with zero attached hydrogens (tertiary/aromatic N) is 1. The first-order chi connectivity index (χ1) is 7.76. The summed E-state index contributed by atoms with van der Waals surface area (Å²) in [5.41, 5.74) is -0.461. The van der Waals surface area contributed by atoms with Crippen LogP contribution in [0.4, 0.5) is 4.79 Å². The fourth-order valence-corrected chi connectivity index (χ4v) is 1.33. The van der Waals surface area contributed by atoms with E-state index < -0.39 is 5.60 Å². The molecule has 0 saturated carbocycles. The maximum atomic E-state index is 11.6. The summed E-state index contributed by atoms with van der Waals surface area (Å²) < 4.78 is 5.22. The number of aliphatic hydroxyl groups excluding tert-OH is 1. The molecule has 0 radical (unpaired) electrons. The van der Waals surface area contributed by atoms with E-state index in [0.717, 1.165) is 6.42 Å². The highest BCUT2D eigenvalue weighted by atomic mass is 16.6. The van der Waals surface area contributed by atoms with Crippen LogP contribution in [0, 0.1) is 0 Å². The predicted molar refractivity (Wildman–Crippen MR) is 68.0 cm³/mol. The number of aliphatic hydroxyl groups is 1. The second-order valence-corrected chi connectivity index (χ2v) is 5.26. The van der Waals surface area contributed by atoms with Crippen LogP contribution in [0.5, 0.6) is 0 Å². The Morgan fingerprint density at radius 3 is 2.53 bits per heavy atom. The molecular formula is C12H26N2O3. The van der Waals surface area contributed by atoms with Crippen LogP contribution in [0.3, 0.4) is 0 Å². The maximum Gasteiger partial charge on any atom is 0.410 e. The van der Waals surface area contributed by atoms with E-state index in [1.165, 1.54) is 4.90 Å². The Balaban J connectivity index is 3.78. The zero-order chi connectivity index (χ0) is 13.5. The smallest absolute Gasteiger partial charge is 0.410 e. The normalized spacial score (nSPS) is 13.3. The Bertz CT molecular complexity index is 226. The lowest BCUT2D eigenvalue weighted by Crippen LogP contribution is -2.35. The van der Waals surface area contributed by atoms with Gasteiger partial charge in [-0.25, -0.2) is 4.79 Å². The number of carbonyl (C=O) groups excluding carboxylic acids is 1. The molecule has 0 saturated heterocycles. The molecule has 0 spiro atoms. The van der Waals surface area contributed by atoms with Crippen molar-refractivity contribution in [1.29, 1.82) is 0 Å². The van der Waals surface area contributed by atoms with Gasteiger partial charge < -0.3 is 20.1 Å². The minimum absolute atomic E-state index is 0.319. The number of hydrogen-bond donors (Lipinski definition) is 2. The average Bonchev–Trinajstić information content (AvgIpc) is 2.15. The van der Waals surface area contributed by atoms with E-state index in [-0.39, 0.29) is 12.2 Å². The van der Waals surface area contributed by atoms with Crippen LogP contribution >= 0.6 is 0 Å². The largest absolute Gasteiger partial charge is 0.444 e. The van der Waals surface area contributed by atoms with E-state index in [2.05, 4.69) is 5.32 Å². The van der Waals surface area contributed by atoms with Crippen LogP contribution in [0.25, 0.3) is 0 Å². The number of likely N-dealkylation sites (N-methyl/N-ethyl adjacent to an activating group) is 1. The third-order valence-electron chi connectivity index (χ3n) is 2.18. The first kappa shape index (κ1) is 16.2. The lowest BCUT2D eigenvalue weighted by atomic mass is 10.2. The lowest BCUT2D eigenvalue weighted by molar-refractivity contribution is 0.0289. The zero-order valence-electron chi connectivity index (χ0n) is 11.6. The first-order valence-corrected chi connectivity index (χ1v) is 6.03. The van der Waals surface area contributed by atoms with Crippen molar-refractivity contribution in [3.8, 4) is 0 Å². The van der Waals surface area contributed by atoms with Gasteiger partial charge in [0.2, 0.25) is 0 Å². The van der Waals surface area contributed by atoms with Gasteiger partial charge in [-0.1, -0.05) is 0 Å². The van der Waals surface area contributed by atoms with Crippen molar-refractivity contribution < 1.29 is 14.6 Å². The molecule has 0 fully saturated rings. The van der Waals surface area contributed by atoms with Gasteiger partial charge in [0, 0.05) is 20.1 Å². The molecule has 0 aliphatic rings. The summed E-state index contributed by atoms with van der Waals surface area (Å²) in [6.45, 7) is 6.70.